The van der Waals surface area contributed by atoms with E-state index in [9.17, 15) is 24.5 Å². The number of allylic oxidation sites excluding steroid dienone is 4. The number of benzene rings is 2. The van der Waals surface area contributed by atoms with Crippen molar-refractivity contribution in [1.82, 2.24) is 10.2 Å². The van der Waals surface area contributed by atoms with Gasteiger partial charge < -0.3 is 9.73 Å². The van der Waals surface area contributed by atoms with Crippen LogP contribution < -0.4 is 5.32 Å². The normalized spacial score (nSPS) is 14.9. The van der Waals surface area contributed by atoms with Crippen LogP contribution in [0, 0.1) is 10.1 Å². The molecule has 2 heterocycles. The predicted molar refractivity (Wildman–Crippen MR) is 161 cm³/mol. The molecule has 0 saturated heterocycles. The quantitative estimate of drug-likeness (QED) is 0.108. The summed E-state index contributed by atoms with van der Waals surface area (Å²) in [5, 5.41) is 14.0. The third-order valence-electron chi connectivity index (χ3n) is 5.99. The highest BCUT2D eigenvalue weighted by Gasteiger charge is 2.35. The van der Waals surface area contributed by atoms with E-state index < -0.39 is 28.7 Å². The first kappa shape index (κ1) is 29.7. The number of carbonyl (C=O) groups excluding carboxylic acids is 3. The Morgan fingerprint density at radius 1 is 1.10 bits per heavy atom. The Kier molecular flexibility index (Phi) is 9.80. The van der Waals surface area contributed by atoms with Gasteiger partial charge in [-0.2, -0.15) is 4.99 Å². The number of nitrogens with one attached hydrogen (secondary N) is 1. The Morgan fingerprint density at radius 3 is 2.29 bits per heavy atom. The van der Waals surface area contributed by atoms with Gasteiger partial charge in [0.25, 0.3) is 11.8 Å². The van der Waals surface area contributed by atoms with Gasteiger partial charge in [0.05, 0.1) is 17.9 Å². The molecule has 2 aromatic carbocycles. The first-order chi connectivity index (χ1) is 20.3. The van der Waals surface area contributed by atoms with E-state index in [4.69, 9.17) is 4.42 Å². The van der Waals surface area contributed by atoms with Crippen LogP contribution >= 0.6 is 11.8 Å². The van der Waals surface area contributed by atoms with Gasteiger partial charge in [0.15, 0.2) is 5.17 Å². The van der Waals surface area contributed by atoms with Crippen LogP contribution in [0.15, 0.2) is 124 Å². The van der Waals surface area contributed by atoms with Gasteiger partial charge in [-0.1, -0.05) is 97.2 Å². The standard InChI is InChI=1S/C31H26N4O6S/c1-3-5-16-23(4-2)34-30(38)25(19-24-17-18-27(41-24)35(39)40)29(37)33-31(34)42-20-26(36)32-28(21-12-8-6-9-13-21)22-14-10-7-11-15-22/h3-19,28H,1,20H2,2H3,(H,32,36)/b16-5-,23-4+,25-19+. The van der Waals surface area contributed by atoms with Crippen LogP contribution in [0.25, 0.3) is 6.08 Å². The number of hydrogen-bond acceptors (Lipinski definition) is 7. The van der Waals surface area contributed by atoms with Crippen molar-refractivity contribution in [3.63, 3.8) is 0 Å². The molecule has 0 unspecified atom stereocenters. The van der Waals surface area contributed by atoms with Crippen LogP contribution in [0.2, 0.25) is 0 Å². The second-order valence-electron chi connectivity index (χ2n) is 8.75. The van der Waals surface area contributed by atoms with Crippen molar-refractivity contribution < 1.29 is 23.7 Å². The lowest BCUT2D eigenvalue weighted by Gasteiger charge is -2.28. The lowest BCUT2D eigenvalue weighted by atomic mass is 9.99. The van der Waals surface area contributed by atoms with Gasteiger partial charge in [-0.3, -0.25) is 29.4 Å². The second kappa shape index (κ2) is 13.9. The maximum Gasteiger partial charge on any atom is 0.433 e. The van der Waals surface area contributed by atoms with Gasteiger partial charge >= 0.3 is 5.88 Å². The molecule has 1 aliphatic heterocycles. The van der Waals surface area contributed by atoms with E-state index >= 15 is 0 Å². The Labute approximate surface area is 246 Å². The Balaban J connectivity index is 1.61. The van der Waals surface area contributed by atoms with Crippen LogP contribution in [0.5, 0.6) is 0 Å². The molecular weight excluding hydrogens is 556 g/mol. The van der Waals surface area contributed by atoms with Gasteiger partial charge in [-0.15, -0.1) is 0 Å². The Morgan fingerprint density at radius 2 is 1.74 bits per heavy atom. The molecule has 4 rings (SSSR count). The zero-order valence-corrected chi connectivity index (χ0v) is 23.3. The third kappa shape index (κ3) is 7.07. The van der Waals surface area contributed by atoms with Crippen molar-refractivity contribution in [2.75, 3.05) is 5.75 Å². The molecule has 0 bridgehead atoms. The molecule has 0 spiro atoms. The zero-order valence-electron chi connectivity index (χ0n) is 22.5. The summed E-state index contributed by atoms with van der Waals surface area (Å²) in [6.07, 6.45) is 7.48. The number of furan rings is 1. The van der Waals surface area contributed by atoms with E-state index in [2.05, 4.69) is 16.9 Å². The van der Waals surface area contributed by atoms with Gasteiger partial charge in [-0.05, 0) is 36.3 Å². The molecular formula is C31H26N4O6S. The van der Waals surface area contributed by atoms with Crippen LogP contribution in [0.1, 0.15) is 29.9 Å². The van der Waals surface area contributed by atoms with E-state index in [1.807, 2.05) is 60.7 Å². The molecule has 3 aromatic rings. The number of nitrogens with zero attached hydrogens (tertiary/aromatic N) is 3. The van der Waals surface area contributed by atoms with Crippen LogP contribution in [-0.4, -0.2) is 38.5 Å². The summed E-state index contributed by atoms with van der Waals surface area (Å²) in [5.74, 6) is -2.67. The number of thioether (sulfide) groups is 1. The topological polar surface area (TPSA) is 135 Å². The lowest BCUT2D eigenvalue weighted by Crippen LogP contribution is -2.42. The molecule has 0 aliphatic carbocycles. The van der Waals surface area contributed by atoms with Crippen LogP contribution in [0.4, 0.5) is 5.88 Å². The van der Waals surface area contributed by atoms with Crippen LogP contribution in [-0.2, 0) is 14.4 Å². The van der Waals surface area contributed by atoms with E-state index in [-0.39, 0.29) is 28.2 Å². The molecule has 212 valence electrons. The van der Waals surface area contributed by atoms with Crippen molar-refractivity contribution in [3.05, 3.63) is 142 Å². The molecule has 1 aromatic heterocycles. The summed E-state index contributed by atoms with van der Waals surface area (Å²) in [6.45, 7) is 5.35. The highest BCUT2D eigenvalue weighted by molar-refractivity contribution is 8.14. The molecule has 0 fully saturated rings. The maximum atomic E-state index is 13.6. The Bertz CT molecular complexity index is 1580. The van der Waals surface area contributed by atoms with E-state index in [0.29, 0.717) is 5.70 Å². The van der Waals surface area contributed by atoms with E-state index in [1.165, 1.54) is 17.0 Å². The van der Waals surface area contributed by atoms with E-state index in [0.717, 1.165) is 35.0 Å². The fourth-order valence-electron chi connectivity index (χ4n) is 4.05. The highest BCUT2D eigenvalue weighted by Crippen LogP contribution is 2.28. The molecule has 1 N–H and O–H groups in total. The monoisotopic (exact) mass is 582 g/mol. The summed E-state index contributed by atoms with van der Waals surface area (Å²) < 4.78 is 5.10. The summed E-state index contributed by atoms with van der Waals surface area (Å²) in [4.78, 5) is 55.3. The SMILES string of the molecule is C=C/C=C\C(=C/C)N1C(=O)/C(=C/c2ccc([N+](=O)[O-])o2)C(=O)N=C1SCC(=O)NC(c1ccccc1)c1ccccc1. The number of rotatable bonds is 10. The smallest absolute Gasteiger partial charge is 0.401 e. The largest absolute Gasteiger partial charge is 0.433 e. The molecule has 0 radical (unpaired) electrons. The number of amidine groups is 1. The number of nitro groups is 1. The number of aliphatic imine (C=N–C) groups is 1. The molecule has 3 amide bonds. The fourth-order valence-corrected chi connectivity index (χ4v) is 4.86. The summed E-state index contributed by atoms with van der Waals surface area (Å²) in [5.41, 5.74) is 1.81. The van der Waals surface area contributed by atoms with Crippen molar-refractivity contribution in [1.29, 1.82) is 0 Å². The fraction of sp³-hybridized carbons (Fsp3) is 0.0968. The molecule has 10 nitrogen and oxygen atoms in total. The first-order valence-corrected chi connectivity index (χ1v) is 13.7. The summed E-state index contributed by atoms with van der Waals surface area (Å²) >= 11 is 0.929. The summed E-state index contributed by atoms with van der Waals surface area (Å²) in [6, 6.07) is 21.0. The van der Waals surface area contributed by atoms with Crippen molar-refractivity contribution in [3.8, 4) is 0 Å². The molecule has 0 saturated carbocycles. The third-order valence-corrected chi connectivity index (χ3v) is 6.93. The molecule has 42 heavy (non-hydrogen) atoms. The average Bonchev–Trinajstić information content (AvgIpc) is 3.48. The van der Waals surface area contributed by atoms with E-state index in [1.54, 1.807) is 25.2 Å². The molecule has 0 atom stereocenters. The molecule has 11 heteroatoms. The second-order valence-corrected chi connectivity index (χ2v) is 9.69. The zero-order chi connectivity index (χ0) is 30.1. The minimum Gasteiger partial charge on any atom is -0.401 e. The number of amides is 3. The molecule has 1 aliphatic rings. The first-order valence-electron chi connectivity index (χ1n) is 12.7. The minimum atomic E-state index is -0.868. The predicted octanol–water partition coefficient (Wildman–Crippen LogP) is 5.58. The lowest BCUT2D eigenvalue weighted by molar-refractivity contribution is -0.402. The van der Waals surface area contributed by atoms with Crippen molar-refractivity contribution >= 4 is 46.6 Å². The van der Waals surface area contributed by atoms with Crippen LogP contribution in [0.3, 0.4) is 0 Å². The van der Waals surface area contributed by atoms with Gasteiger partial charge in [0, 0.05) is 5.70 Å². The minimum absolute atomic E-state index is 0.000472. The highest BCUT2D eigenvalue weighted by atomic mass is 32.2. The van der Waals surface area contributed by atoms with Gasteiger partial charge in [0.2, 0.25) is 5.91 Å². The Hall–Kier alpha value is -5.29. The van der Waals surface area contributed by atoms with Crippen molar-refractivity contribution in [2.45, 2.75) is 13.0 Å². The van der Waals surface area contributed by atoms with Gasteiger partial charge in [-0.25, -0.2) is 0 Å². The number of carbonyl (C=O) groups is 3. The van der Waals surface area contributed by atoms with Gasteiger partial charge in [0.1, 0.15) is 16.3 Å². The summed E-state index contributed by atoms with van der Waals surface area (Å²) in [7, 11) is 0. The van der Waals surface area contributed by atoms with Crippen molar-refractivity contribution in [2.24, 2.45) is 4.99 Å². The maximum absolute atomic E-state index is 13.6. The number of hydrogen-bond donors (Lipinski definition) is 1. The average molecular weight is 583 g/mol.